The van der Waals surface area contributed by atoms with Crippen molar-refractivity contribution in [3.8, 4) is 17.2 Å². The van der Waals surface area contributed by atoms with E-state index in [1.165, 1.54) is 56.7 Å². The van der Waals surface area contributed by atoms with Gasteiger partial charge in [0.2, 0.25) is 5.91 Å². The Kier molecular flexibility index (Phi) is 7.31. The zero-order valence-electron chi connectivity index (χ0n) is 15.5. The predicted molar refractivity (Wildman–Crippen MR) is 98.2 cm³/mol. The van der Waals surface area contributed by atoms with Crippen LogP contribution in [-0.2, 0) is 4.79 Å². The zero-order valence-corrected chi connectivity index (χ0v) is 15.5. The Balaban J connectivity index is 2.04. The van der Waals surface area contributed by atoms with Gasteiger partial charge in [-0.15, -0.1) is 0 Å². The molecule has 0 bridgehead atoms. The number of amides is 1. The molecule has 0 radical (unpaired) electrons. The van der Waals surface area contributed by atoms with Crippen LogP contribution >= 0.6 is 0 Å². The summed E-state index contributed by atoms with van der Waals surface area (Å²) in [4.78, 5) is 12.1. The van der Waals surface area contributed by atoms with Crippen molar-refractivity contribution in [2.45, 2.75) is 19.6 Å². The van der Waals surface area contributed by atoms with Crippen molar-refractivity contribution in [3.63, 3.8) is 0 Å². The van der Waals surface area contributed by atoms with Crippen LogP contribution in [0.4, 0.5) is 13.2 Å². The van der Waals surface area contributed by atoms with Crippen molar-refractivity contribution in [3.05, 3.63) is 59.4 Å². The largest absolute Gasteiger partial charge is 0.494 e. The van der Waals surface area contributed by atoms with Gasteiger partial charge in [-0.05, 0) is 48.4 Å². The average molecular weight is 395 g/mol. The number of carbonyl (C=O) groups excluding carboxylic acids is 1. The minimum absolute atomic E-state index is 0.103. The third-order valence-corrected chi connectivity index (χ3v) is 3.87. The molecule has 0 saturated heterocycles. The molecule has 1 unspecified atom stereocenters. The summed E-state index contributed by atoms with van der Waals surface area (Å²) in [5, 5.41) is 2.71. The van der Waals surface area contributed by atoms with Gasteiger partial charge in [0.15, 0.2) is 23.1 Å². The standard InChI is InChI=1S/C20H20F3NO4/c1-12(14-6-8-16(26-2)15(21)11-14)24-19(25)9-5-13-4-7-17(28-20(22)23)18(10-13)27-3/h4-12,20H,1-3H3,(H,24,25)/b9-5+. The molecular formula is C20H20F3NO4. The van der Waals surface area contributed by atoms with E-state index in [9.17, 15) is 18.0 Å². The fourth-order valence-electron chi connectivity index (χ4n) is 2.45. The lowest BCUT2D eigenvalue weighted by molar-refractivity contribution is -0.117. The highest BCUT2D eigenvalue weighted by atomic mass is 19.3. The van der Waals surface area contributed by atoms with E-state index in [-0.39, 0.29) is 17.2 Å². The Bertz CT molecular complexity index is 855. The van der Waals surface area contributed by atoms with Gasteiger partial charge >= 0.3 is 6.61 Å². The molecule has 28 heavy (non-hydrogen) atoms. The molecule has 1 N–H and O–H groups in total. The lowest BCUT2D eigenvalue weighted by atomic mass is 10.1. The first kappa shape index (κ1) is 21.1. The maximum Gasteiger partial charge on any atom is 0.387 e. The summed E-state index contributed by atoms with van der Waals surface area (Å²) in [6.45, 7) is -1.25. The van der Waals surface area contributed by atoms with E-state index >= 15 is 0 Å². The van der Waals surface area contributed by atoms with Gasteiger partial charge in [-0.1, -0.05) is 12.1 Å². The lowest BCUT2D eigenvalue weighted by Gasteiger charge is -2.14. The van der Waals surface area contributed by atoms with Crippen LogP contribution in [-0.4, -0.2) is 26.7 Å². The van der Waals surface area contributed by atoms with Gasteiger partial charge in [0.05, 0.1) is 20.3 Å². The van der Waals surface area contributed by atoms with Crippen LogP contribution in [0, 0.1) is 5.82 Å². The van der Waals surface area contributed by atoms with Crippen LogP contribution in [0.15, 0.2) is 42.5 Å². The third-order valence-electron chi connectivity index (χ3n) is 3.87. The number of alkyl halides is 2. The Morgan fingerprint density at radius 1 is 1.04 bits per heavy atom. The van der Waals surface area contributed by atoms with E-state index in [2.05, 4.69) is 10.1 Å². The van der Waals surface area contributed by atoms with Crippen molar-refractivity contribution in [2.24, 2.45) is 0 Å². The van der Waals surface area contributed by atoms with E-state index < -0.39 is 24.4 Å². The van der Waals surface area contributed by atoms with Crippen LogP contribution in [0.2, 0.25) is 0 Å². The topological polar surface area (TPSA) is 56.8 Å². The Hall–Kier alpha value is -3.16. The molecule has 0 aliphatic carbocycles. The van der Waals surface area contributed by atoms with E-state index in [0.717, 1.165) is 0 Å². The van der Waals surface area contributed by atoms with Crippen molar-refractivity contribution in [2.75, 3.05) is 14.2 Å². The van der Waals surface area contributed by atoms with Gasteiger partial charge in [-0.3, -0.25) is 4.79 Å². The SMILES string of the molecule is COc1ccc(C(C)NC(=O)/C=C/c2ccc(OC(F)F)c(OC)c2)cc1F. The number of ether oxygens (including phenoxy) is 3. The number of methoxy groups -OCH3 is 2. The molecule has 0 heterocycles. The van der Waals surface area contributed by atoms with E-state index in [1.807, 2.05) is 0 Å². The molecule has 150 valence electrons. The maximum atomic E-state index is 13.8. The van der Waals surface area contributed by atoms with Crippen LogP contribution in [0.3, 0.4) is 0 Å². The molecule has 2 aromatic carbocycles. The molecule has 2 aromatic rings. The zero-order chi connectivity index (χ0) is 20.7. The first-order chi connectivity index (χ1) is 13.3. The smallest absolute Gasteiger partial charge is 0.387 e. The van der Waals surface area contributed by atoms with Gasteiger partial charge in [0, 0.05) is 6.08 Å². The summed E-state index contributed by atoms with van der Waals surface area (Å²) in [7, 11) is 2.69. The Morgan fingerprint density at radius 3 is 2.32 bits per heavy atom. The van der Waals surface area contributed by atoms with Crippen LogP contribution in [0.25, 0.3) is 6.08 Å². The molecule has 0 aromatic heterocycles. The number of hydrogen-bond acceptors (Lipinski definition) is 4. The highest BCUT2D eigenvalue weighted by Crippen LogP contribution is 2.30. The van der Waals surface area contributed by atoms with Gasteiger partial charge < -0.3 is 19.5 Å². The van der Waals surface area contributed by atoms with Crippen molar-refractivity contribution in [1.82, 2.24) is 5.32 Å². The summed E-state index contributed by atoms with van der Waals surface area (Å²) in [5.41, 5.74) is 1.13. The highest BCUT2D eigenvalue weighted by Gasteiger charge is 2.12. The minimum Gasteiger partial charge on any atom is -0.494 e. The normalized spacial score (nSPS) is 12.1. The van der Waals surface area contributed by atoms with E-state index in [1.54, 1.807) is 13.0 Å². The Labute approximate surface area is 160 Å². The first-order valence-corrected chi connectivity index (χ1v) is 8.29. The molecule has 0 fully saturated rings. The summed E-state index contributed by atoms with van der Waals surface area (Å²) in [6.07, 6.45) is 2.77. The number of nitrogens with one attached hydrogen (secondary N) is 1. The summed E-state index contributed by atoms with van der Waals surface area (Å²) < 4.78 is 52.7. The highest BCUT2D eigenvalue weighted by molar-refractivity contribution is 5.92. The van der Waals surface area contributed by atoms with Crippen LogP contribution in [0.1, 0.15) is 24.1 Å². The monoisotopic (exact) mass is 395 g/mol. The molecule has 0 aliphatic heterocycles. The number of hydrogen-bond donors (Lipinski definition) is 1. The number of halogens is 3. The Morgan fingerprint density at radius 2 is 1.71 bits per heavy atom. The van der Waals surface area contributed by atoms with Gasteiger partial charge in [0.1, 0.15) is 0 Å². The quantitative estimate of drug-likeness (QED) is 0.676. The van der Waals surface area contributed by atoms with E-state index in [0.29, 0.717) is 11.1 Å². The average Bonchev–Trinajstić information content (AvgIpc) is 2.66. The number of rotatable bonds is 8. The molecule has 8 heteroatoms. The molecule has 0 aliphatic rings. The molecule has 1 amide bonds. The fourth-order valence-corrected chi connectivity index (χ4v) is 2.45. The summed E-state index contributed by atoms with van der Waals surface area (Å²) in [6, 6.07) is 8.29. The molecular weight excluding hydrogens is 375 g/mol. The third kappa shape index (κ3) is 5.67. The first-order valence-electron chi connectivity index (χ1n) is 8.29. The molecule has 0 saturated carbocycles. The molecule has 2 rings (SSSR count). The summed E-state index contributed by atoms with van der Waals surface area (Å²) in [5.74, 6) is -0.792. The summed E-state index contributed by atoms with van der Waals surface area (Å²) >= 11 is 0. The molecule has 5 nitrogen and oxygen atoms in total. The number of benzene rings is 2. The lowest BCUT2D eigenvalue weighted by Crippen LogP contribution is -2.24. The second-order valence-electron chi connectivity index (χ2n) is 5.75. The second kappa shape index (κ2) is 9.68. The molecule has 1 atom stereocenters. The van der Waals surface area contributed by atoms with Crippen LogP contribution in [0.5, 0.6) is 17.2 Å². The van der Waals surface area contributed by atoms with Crippen molar-refractivity contribution in [1.29, 1.82) is 0 Å². The van der Waals surface area contributed by atoms with Crippen molar-refractivity contribution >= 4 is 12.0 Å². The van der Waals surface area contributed by atoms with Gasteiger partial charge in [0.25, 0.3) is 0 Å². The maximum absolute atomic E-state index is 13.8. The predicted octanol–water partition coefficient (Wildman–Crippen LogP) is 4.33. The van der Waals surface area contributed by atoms with Gasteiger partial charge in [-0.2, -0.15) is 8.78 Å². The minimum atomic E-state index is -2.97. The van der Waals surface area contributed by atoms with Crippen LogP contribution < -0.4 is 19.5 Å². The molecule has 0 spiro atoms. The van der Waals surface area contributed by atoms with Gasteiger partial charge in [-0.25, -0.2) is 4.39 Å². The van der Waals surface area contributed by atoms with Crippen molar-refractivity contribution < 1.29 is 32.2 Å². The number of carbonyl (C=O) groups is 1. The van der Waals surface area contributed by atoms with E-state index in [4.69, 9.17) is 9.47 Å². The second-order valence-corrected chi connectivity index (χ2v) is 5.75. The fraction of sp³-hybridized carbons (Fsp3) is 0.250.